The summed E-state index contributed by atoms with van der Waals surface area (Å²) in [4.78, 5) is 36.2. The van der Waals surface area contributed by atoms with Gasteiger partial charge in [-0.25, -0.2) is 8.42 Å². The first-order chi connectivity index (χ1) is 11.7. The minimum Gasteiger partial charge on any atom is -0.337 e. The van der Waals surface area contributed by atoms with Crippen LogP contribution in [0.4, 0.5) is 5.69 Å². The lowest BCUT2D eigenvalue weighted by Gasteiger charge is -2.28. The van der Waals surface area contributed by atoms with E-state index in [9.17, 15) is 28.1 Å². The molecule has 1 aliphatic rings. The molecule has 25 heavy (non-hydrogen) atoms. The Morgan fingerprint density at radius 2 is 2.16 bits per heavy atom. The van der Waals surface area contributed by atoms with Crippen LogP contribution in [0.3, 0.4) is 0 Å². The smallest absolute Gasteiger partial charge is 0.285 e. The number of carbonyl (C=O) groups is 1. The fraction of sp³-hybridized carbons (Fsp3) is 0.600. The van der Waals surface area contributed by atoms with E-state index in [2.05, 4.69) is 0 Å². The van der Waals surface area contributed by atoms with Crippen molar-refractivity contribution in [3.8, 4) is 0 Å². The fourth-order valence-electron chi connectivity index (χ4n) is 2.85. The number of rotatable bonds is 7. The van der Waals surface area contributed by atoms with Crippen LogP contribution in [-0.4, -0.2) is 52.8 Å². The number of amides is 1. The highest BCUT2D eigenvalue weighted by atomic mass is 32.2. The summed E-state index contributed by atoms with van der Waals surface area (Å²) in [6, 6.07) is 1.72. The minimum atomic E-state index is -3.15. The Labute approximate surface area is 145 Å². The van der Waals surface area contributed by atoms with Crippen LogP contribution in [0.15, 0.2) is 23.1 Å². The first-order valence-corrected chi connectivity index (χ1v) is 9.90. The Bertz CT molecular complexity index is 817. The third-order valence-electron chi connectivity index (χ3n) is 4.21. The summed E-state index contributed by atoms with van der Waals surface area (Å²) in [7, 11) is -3.15. The number of aromatic nitrogens is 1. The Hall–Kier alpha value is -2.23. The van der Waals surface area contributed by atoms with E-state index in [0.717, 1.165) is 29.3 Å². The lowest BCUT2D eigenvalue weighted by molar-refractivity contribution is -0.385. The van der Waals surface area contributed by atoms with Gasteiger partial charge in [-0.3, -0.25) is 24.3 Å². The molecule has 2 heterocycles. The molecule has 0 aliphatic carbocycles. The average molecular weight is 371 g/mol. The predicted octanol–water partition coefficient (Wildman–Crippen LogP) is 0.572. The summed E-state index contributed by atoms with van der Waals surface area (Å²) in [5.41, 5.74) is -0.801. The summed E-state index contributed by atoms with van der Waals surface area (Å²) in [5.74, 6) is -0.436. The van der Waals surface area contributed by atoms with Crippen molar-refractivity contribution in [2.45, 2.75) is 38.8 Å². The van der Waals surface area contributed by atoms with Gasteiger partial charge in [0, 0.05) is 24.7 Å². The molecule has 0 N–H and O–H groups in total. The van der Waals surface area contributed by atoms with Crippen molar-refractivity contribution >= 4 is 21.4 Å². The van der Waals surface area contributed by atoms with Crippen LogP contribution in [0, 0.1) is 10.1 Å². The van der Waals surface area contributed by atoms with Gasteiger partial charge in [0.15, 0.2) is 9.84 Å². The molecule has 1 aliphatic heterocycles. The van der Waals surface area contributed by atoms with E-state index in [1.54, 1.807) is 0 Å². The van der Waals surface area contributed by atoms with Crippen molar-refractivity contribution in [3.05, 3.63) is 38.8 Å². The zero-order chi connectivity index (χ0) is 18.6. The van der Waals surface area contributed by atoms with Crippen molar-refractivity contribution < 1.29 is 18.1 Å². The predicted molar refractivity (Wildman–Crippen MR) is 91.0 cm³/mol. The van der Waals surface area contributed by atoms with Crippen LogP contribution < -0.4 is 5.56 Å². The second-order valence-electron chi connectivity index (χ2n) is 6.11. The average Bonchev–Trinajstić information content (AvgIpc) is 2.89. The molecule has 0 bridgehead atoms. The Morgan fingerprint density at radius 3 is 2.72 bits per heavy atom. The molecule has 1 amide bonds. The van der Waals surface area contributed by atoms with Crippen LogP contribution >= 0.6 is 0 Å². The molecule has 0 saturated carbocycles. The summed E-state index contributed by atoms with van der Waals surface area (Å²) in [6.07, 6.45) is 2.96. The highest BCUT2D eigenvalue weighted by Crippen LogP contribution is 2.19. The third kappa shape index (κ3) is 4.88. The van der Waals surface area contributed by atoms with Gasteiger partial charge in [-0.2, -0.15) is 0 Å². The first-order valence-electron chi connectivity index (χ1n) is 8.08. The summed E-state index contributed by atoms with van der Waals surface area (Å²) >= 11 is 0. The van der Waals surface area contributed by atoms with Crippen molar-refractivity contribution in [1.82, 2.24) is 9.47 Å². The quantitative estimate of drug-likeness (QED) is 0.510. The van der Waals surface area contributed by atoms with Gasteiger partial charge in [-0.15, -0.1) is 0 Å². The lowest BCUT2D eigenvalue weighted by Crippen LogP contribution is -2.44. The molecular weight excluding hydrogens is 350 g/mol. The molecule has 1 fully saturated rings. The zero-order valence-corrected chi connectivity index (χ0v) is 14.8. The zero-order valence-electron chi connectivity index (χ0n) is 14.0. The normalized spacial score (nSPS) is 18.8. The molecule has 138 valence electrons. The maximum absolute atomic E-state index is 12.7. The molecule has 9 nitrogen and oxygen atoms in total. The van der Waals surface area contributed by atoms with Crippen molar-refractivity contribution in [3.63, 3.8) is 0 Å². The van der Waals surface area contributed by atoms with Gasteiger partial charge in [-0.05, 0) is 12.8 Å². The number of pyridine rings is 1. The SMILES string of the molecule is CCCCN(C(=O)Cn1cc([N+](=O)[O-])ccc1=O)C1CCS(=O)(=O)C1. The van der Waals surface area contributed by atoms with E-state index < -0.39 is 32.3 Å². The summed E-state index contributed by atoms with van der Waals surface area (Å²) < 4.78 is 24.4. The van der Waals surface area contributed by atoms with Crippen molar-refractivity contribution in [1.29, 1.82) is 0 Å². The van der Waals surface area contributed by atoms with E-state index in [1.807, 2.05) is 6.92 Å². The largest absolute Gasteiger partial charge is 0.337 e. The maximum Gasteiger partial charge on any atom is 0.285 e. The highest BCUT2D eigenvalue weighted by molar-refractivity contribution is 7.91. The lowest BCUT2D eigenvalue weighted by atomic mass is 10.2. The molecule has 1 unspecified atom stereocenters. The second-order valence-corrected chi connectivity index (χ2v) is 8.34. The second kappa shape index (κ2) is 7.77. The first kappa shape index (κ1) is 19.1. The third-order valence-corrected chi connectivity index (χ3v) is 5.96. The molecule has 2 rings (SSSR count). The summed E-state index contributed by atoms with van der Waals surface area (Å²) in [6.45, 7) is 2.01. The van der Waals surface area contributed by atoms with Crippen LogP contribution in [0.2, 0.25) is 0 Å². The number of sulfone groups is 1. The molecule has 10 heteroatoms. The molecular formula is C15H21N3O6S. The molecule has 1 aromatic heterocycles. The number of hydrogen-bond acceptors (Lipinski definition) is 6. The van der Waals surface area contributed by atoms with Gasteiger partial charge in [0.25, 0.3) is 11.2 Å². The van der Waals surface area contributed by atoms with E-state index in [1.165, 1.54) is 4.90 Å². The van der Waals surface area contributed by atoms with Gasteiger partial charge in [0.05, 0.1) is 22.6 Å². The van der Waals surface area contributed by atoms with Crippen LogP contribution in [0.5, 0.6) is 0 Å². The van der Waals surface area contributed by atoms with Crippen molar-refractivity contribution in [2.75, 3.05) is 18.1 Å². The topological polar surface area (TPSA) is 120 Å². The van der Waals surface area contributed by atoms with Crippen LogP contribution in [0.1, 0.15) is 26.2 Å². The fourth-order valence-corrected chi connectivity index (χ4v) is 4.58. The minimum absolute atomic E-state index is 0.0460. The molecule has 1 atom stereocenters. The Morgan fingerprint density at radius 1 is 1.44 bits per heavy atom. The Kier molecular flexibility index (Phi) is 5.93. The van der Waals surface area contributed by atoms with Gasteiger partial charge < -0.3 is 4.90 Å². The van der Waals surface area contributed by atoms with Gasteiger partial charge in [0.2, 0.25) is 5.91 Å². The number of nitro groups is 1. The number of carbonyl (C=O) groups excluding carboxylic acids is 1. The van der Waals surface area contributed by atoms with Gasteiger partial charge >= 0.3 is 0 Å². The van der Waals surface area contributed by atoms with Crippen LogP contribution in [0.25, 0.3) is 0 Å². The maximum atomic E-state index is 12.7. The molecule has 1 aromatic rings. The standard InChI is InChI=1S/C15H21N3O6S/c1-2-3-7-17(13-6-8-25(23,24)11-13)15(20)10-16-9-12(18(21)22)4-5-14(16)19/h4-5,9,13H,2-3,6-8,10-11H2,1H3. The van der Waals surface area contributed by atoms with Crippen LogP contribution in [-0.2, 0) is 21.2 Å². The van der Waals surface area contributed by atoms with E-state index in [0.29, 0.717) is 19.4 Å². The Balaban J connectivity index is 2.21. The number of unbranched alkanes of at least 4 members (excludes halogenated alkanes) is 1. The van der Waals surface area contributed by atoms with E-state index >= 15 is 0 Å². The highest BCUT2D eigenvalue weighted by Gasteiger charge is 2.34. The molecule has 0 aromatic carbocycles. The van der Waals surface area contributed by atoms with E-state index in [-0.39, 0.29) is 23.7 Å². The molecule has 0 spiro atoms. The van der Waals surface area contributed by atoms with E-state index in [4.69, 9.17) is 0 Å². The molecule has 0 radical (unpaired) electrons. The monoisotopic (exact) mass is 371 g/mol. The number of hydrogen-bond donors (Lipinski definition) is 0. The number of nitrogens with zero attached hydrogens (tertiary/aromatic N) is 3. The summed E-state index contributed by atoms with van der Waals surface area (Å²) in [5, 5.41) is 10.8. The van der Waals surface area contributed by atoms with Gasteiger partial charge in [-0.1, -0.05) is 13.3 Å². The van der Waals surface area contributed by atoms with Crippen molar-refractivity contribution in [2.24, 2.45) is 0 Å². The van der Waals surface area contributed by atoms with Gasteiger partial charge in [0.1, 0.15) is 6.54 Å². The molecule has 1 saturated heterocycles.